The Balaban J connectivity index is 2.02. The second kappa shape index (κ2) is 5.40. The number of hydrogen-bond donors (Lipinski definition) is 1. The summed E-state index contributed by atoms with van der Waals surface area (Å²) in [5.74, 6) is 1.37. The van der Waals surface area contributed by atoms with E-state index in [2.05, 4.69) is 9.97 Å². The Labute approximate surface area is 122 Å². The Hall–Kier alpha value is -2.62. The van der Waals surface area contributed by atoms with Crippen LogP contribution >= 0.6 is 0 Å². The number of rotatable bonds is 3. The van der Waals surface area contributed by atoms with Crippen LogP contribution in [0.5, 0.6) is 5.75 Å². The Morgan fingerprint density at radius 1 is 1.05 bits per heavy atom. The first-order valence-corrected chi connectivity index (χ1v) is 6.89. The summed E-state index contributed by atoms with van der Waals surface area (Å²) in [7, 11) is 0. The minimum atomic E-state index is -0.127. The predicted molar refractivity (Wildman–Crippen MR) is 83.6 cm³/mol. The van der Waals surface area contributed by atoms with Gasteiger partial charge in [0.15, 0.2) is 0 Å². The Morgan fingerprint density at radius 2 is 1.76 bits per heavy atom. The summed E-state index contributed by atoms with van der Waals surface area (Å²) in [6.07, 6.45) is 0.134. The van der Waals surface area contributed by atoms with Gasteiger partial charge in [-0.1, -0.05) is 12.1 Å². The minimum absolute atomic E-state index is 0.127. The third-order valence-corrected chi connectivity index (χ3v) is 3.11. The molecule has 1 N–H and O–H groups in total. The van der Waals surface area contributed by atoms with E-state index in [1.165, 1.54) is 0 Å². The summed E-state index contributed by atoms with van der Waals surface area (Å²) in [6, 6.07) is 14.9. The maximum Gasteiger partial charge on any atom is 0.259 e. The number of benzene rings is 2. The molecule has 0 aliphatic heterocycles. The molecule has 0 fully saturated rings. The van der Waals surface area contributed by atoms with Crippen molar-refractivity contribution in [2.45, 2.75) is 20.0 Å². The van der Waals surface area contributed by atoms with Gasteiger partial charge in [0.2, 0.25) is 0 Å². The van der Waals surface area contributed by atoms with Crippen molar-refractivity contribution in [2.24, 2.45) is 0 Å². The Morgan fingerprint density at radius 3 is 2.48 bits per heavy atom. The molecule has 3 aromatic rings. The number of fused-ring (bicyclic) bond motifs is 1. The summed E-state index contributed by atoms with van der Waals surface area (Å²) < 4.78 is 5.61. The molecule has 3 rings (SSSR count). The molecule has 106 valence electrons. The quantitative estimate of drug-likeness (QED) is 0.800. The molecule has 0 aliphatic rings. The standard InChI is InChI=1S/C17H16N2O2/c1-11(2)21-13-9-7-12(8-10-13)16-18-15-6-4-3-5-14(15)17(20)19-16/h3-11H,1-2H3,(H,18,19,20). The molecule has 0 spiro atoms. The molecule has 0 bridgehead atoms. The average Bonchev–Trinajstić information content (AvgIpc) is 2.47. The zero-order valence-corrected chi connectivity index (χ0v) is 12.0. The van der Waals surface area contributed by atoms with Gasteiger partial charge >= 0.3 is 0 Å². The summed E-state index contributed by atoms with van der Waals surface area (Å²) >= 11 is 0. The van der Waals surface area contributed by atoms with Crippen molar-refractivity contribution < 1.29 is 4.74 Å². The van der Waals surface area contributed by atoms with Gasteiger partial charge in [-0.15, -0.1) is 0 Å². The maximum absolute atomic E-state index is 12.1. The zero-order valence-electron chi connectivity index (χ0n) is 12.0. The molecule has 0 atom stereocenters. The zero-order chi connectivity index (χ0) is 14.8. The van der Waals surface area contributed by atoms with Crippen LogP contribution in [0.3, 0.4) is 0 Å². The number of para-hydroxylation sites is 1. The van der Waals surface area contributed by atoms with E-state index in [1.807, 2.05) is 56.3 Å². The van der Waals surface area contributed by atoms with Crippen molar-refractivity contribution in [1.82, 2.24) is 9.97 Å². The molecule has 4 heteroatoms. The monoisotopic (exact) mass is 280 g/mol. The third-order valence-electron chi connectivity index (χ3n) is 3.11. The summed E-state index contributed by atoms with van der Waals surface area (Å²) in [5, 5.41) is 0.598. The highest BCUT2D eigenvalue weighted by atomic mass is 16.5. The molecule has 0 saturated heterocycles. The van der Waals surface area contributed by atoms with Crippen LogP contribution in [0.15, 0.2) is 53.3 Å². The highest BCUT2D eigenvalue weighted by molar-refractivity contribution is 5.79. The van der Waals surface area contributed by atoms with Gasteiger partial charge in [-0.25, -0.2) is 4.98 Å². The van der Waals surface area contributed by atoms with Gasteiger partial charge in [0, 0.05) is 5.56 Å². The molecule has 0 amide bonds. The van der Waals surface area contributed by atoms with E-state index in [1.54, 1.807) is 6.07 Å². The highest BCUT2D eigenvalue weighted by Crippen LogP contribution is 2.20. The highest BCUT2D eigenvalue weighted by Gasteiger charge is 2.06. The van der Waals surface area contributed by atoms with Crippen molar-refractivity contribution in [2.75, 3.05) is 0 Å². The van der Waals surface area contributed by atoms with Crippen LogP contribution in [0.25, 0.3) is 22.3 Å². The number of nitrogens with one attached hydrogen (secondary N) is 1. The number of H-pyrrole nitrogens is 1. The molecule has 1 aromatic heterocycles. The van der Waals surface area contributed by atoms with Crippen LogP contribution in [0, 0.1) is 0 Å². The van der Waals surface area contributed by atoms with Gasteiger partial charge in [-0.3, -0.25) is 4.79 Å². The molecule has 0 aliphatic carbocycles. The number of nitrogens with zero attached hydrogens (tertiary/aromatic N) is 1. The van der Waals surface area contributed by atoms with E-state index in [-0.39, 0.29) is 11.7 Å². The SMILES string of the molecule is CC(C)Oc1ccc(-c2nc3ccccc3c(=O)[nH]2)cc1. The normalized spacial score (nSPS) is 11.0. The van der Waals surface area contributed by atoms with Crippen molar-refractivity contribution in [3.05, 3.63) is 58.9 Å². The lowest BCUT2D eigenvalue weighted by Crippen LogP contribution is -2.09. The largest absolute Gasteiger partial charge is 0.491 e. The third kappa shape index (κ3) is 2.79. The van der Waals surface area contributed by atoms with Crippen LogP contribution in [0.4, 0.5) is 0 Å². The van der Waals surface area contributed by atoms with Crippen LogP contribution in [0.1, 0.15) is 13.8 Å². The smallest absolute Gasteiger partial charge is 0.259 e. The molecule has 4 nitrogen and oxygen atoms in total. The molecule has 21 heavy (non-hydrogen) atoms. The molecule has 0 saturated carbocycles. The summed E-state index contributed by atoms with van der Waals surface area (Å²) in [5.41, 5.74) is 1.42. The lowest BCUT2D eigenvalue weighted by atomic mass is 10.2. The maximum atomic E-state index is 12.1. The van der Waals surface area contributed by atoms with Crippen molar-refractivity contribution >= 4 is 10.9 Å². The fraction of sp³-hybridized carbons (Fsp3) is 0.176. The van der Waals surface area contributed by atoms with Gasteiger partial charge < -0.3 is 9.72 Å². The fourth-order valence-corrected chi connectivity index (χ4v) is 2.19. The van der Waals surface area contributed by atoms with Gasteiger partial charge in [0.1, 0.15) is 11.6 Å². The first kappa shape index (κ1) is 13.4. The van der Waals surface area contributed by atoms with Crippen molar-refractivity contribution in [3.8, 4) is 17.1 Å². The number of hydrogen-bond acceptors (Lipinski definition) is 3. The molecule has 0 radical (unpaired) electrons. The van der Waals surface area contributed by atoms with E-state index < -0.39 is 0 Å². The number of ether oxygens (including phenoxy) is 1. The molecule has 1 heterocycles. The molecular formula is C17H16N2O2. The van der Waals surface area contributed by atoms with Crippen molar-refractivity contribution in [1.29, 1.82) is 0 Å². The molecule has 0 unspecified atom stereocenters. The summed E-state index contributed by atoms with van der Waals surface area (Å²) in [4.78, 5) is 19.4. The fourth-order valence-electron chi connectivity index (χ4n) is 2.19. The van der Waals surface area contributed by atoms with Crippen LogP contribution in [0.2, 0.25) is 0 Å². The van der Waals surface area contributed by atoms with E-state index in [4.69, 9.17) is 4.74 Å². The van der Waals surface area contributed by atoms with E-state index in [9.17, 15) is 4.79 Å². The van der Waals surface area contributed by atoms with E-state index in [0.717, 1.165) is 11.3 Å². The van der Waals surface area contributed by atoms with Crippen molar-refractivity contribution in [3.63, 3.8) is 0 Å². The first-order chi connectivity index (χ1) is 10.1. The second-order valence-electron chi connectivity index (χ2n) is 5.12. The van der Waals surface area contributed by atoms with Crippen LogP contribution in [-0.4, -0.2) is 16.1 Å². The van der Waals surface area contributed by atoms with E-state index in [0.29, 0.717) is 16.7 Å². The summed E-state index contributed by atoms with van der Waals surface area (Å²) in [6.45, 7) is 3.96. The number of aromatic nitrogens is 2. The van der Waals surface area contributed by atoms with Crippen LogP contribution in [-0.2, 0) is 0 Å². The predicted octanol–water partition coefficient (Wildman–Crippen LogP) is 3.38. The molecular weight excluding hydrogens is 264 g/mol. The van der Waals surface area contributed by atoms with Gasteiger partial charge in [0.05, 0.1) is 17.0 Å². The minimum Gasteiger partial charge on any atom is -0.491 e. The van der Waals surface area contributed by atoms with Crippen LogP contribution < -0.4 is 10.3 Å². The van der Waals surface area contributed by atoms with E-state index >= 15 is 0 Å². The second-order valence-corrected chi connectivity index (χ2v) is 5.12. The first-order valence-electron chi connectivity index (χ1n) is 6.89. The van der Waals surface area contributed by atoms with Gasteiger partial charge in [0.25, 0.3) is 5.56 Å². The lowest BCUT2D eigenvalue weighted by Gasteiger charge is -2.10. The van der Waals surface area contributed by atoms with Gasteiger partial charge in [-0.05, 0) is 50.2 Å². The Kier molecular flexibility index (Phi) is 3.44. The lowest BCUT2D eigenvalue weighted by molar-refractivity contribution is 0.242. The average molecular weight is 280 g/mol. The van der Waals surface area contributed by atoms with Gasteiger partial charge in [-0.2, -0.15) is 0 Å². The number of aromatic amines is 1. The molecule has 2 aromatic carbocycles. The Bertz CT molecular complexity index is 820. The topological polar surface area (TPSA) is 55.0 Å².